The van der Waals surface area contributed by atoms with E-state index in [2.05, 4.69) is 10.2 Å². The van der Waals surface area contributed by atoms with Crippen LogP contribution >= 0.6 is 23.2 Å². The molecule has 0 saturated carbocycles. The van der Waals surface area contributed by atoms with E-state index in [4.69, 9.17) is 23.2 Å². The van der Waals surface area contributed by atoms with Gasteiger partial charge in [-0.1, -0.05) is 35.3 Å². The lowest BCUT2D eigenvalue weighted by atomic mass is 10.2. The summed E-state index contributed by atoms with van der Waals surface area (Å²) in [6, 6.07) is 11.6. The number of rotatable bonds is 5. The van der Waals surface area contributed by atoms with Crippen molar-refractivity contribution in [2.75, 3.05) is 3.71 Å². The highest BCUT2D eigenvalue weighted by molar-refractivity contribution is 8.10. The van der Waals surface area contributed by atoms with E-state index in [1.54, 1.807) is 20.0 Å². The molecule has 0 N–H and O–H groups in total. The van der Waals surface area contributed by atoms with Gasteiger partial charge in [-0.25, -0.2) is 0 Å². The van der Waals surface area contributed by atoms with Gasteiger partial charge in [0.05, 0.1) is 15.5 Å². The number of sulfonamides is 2. The van der Waals surface area contributed by atoms with E-state index in [9.17, 15) is 16.8 Å². The first-order chi connectivity index (χ1) is 15.9. The number of benzene rings is 3. The SMILES string of the molecule is Cc1cc2nn(C)nc2cc1N(S(=O)(=O)c1cccc(Cl)c1C)S(=O)(=O)c1cccc(Cl)c1C. The summed E-state index contributed by atoms with van der Waals surface area (Å²) in [4.78, 5) is 0.854. The van der Waals surface area contributed by atoms with Crippen LogP contribution in [0.1, 0.15) is 16.7 Å². The highest BCUT2D eigenvalue weighted by Crippen LogP contribution is 2.38. The highest BCUT2D eigenvalue weighted by atomic mass is 35.5. The molecule has 0 fully saturated rings. The molecule has 1 heterocycles. The first-order valence-electron chi connectivity index (χ1n) is 9.98. The zero-order chi connectivity index (χ0) is 25.0. The van der Waals surface area contributed by atoms with Crippen molar-refractivity contribution in [1.29, 1.82) is 0 Å². The maximum Gasteiger partial charge on any atom is 0.278 e. The molecule has 178 valence electrons. The normalized spacial score (nSPS) is 12.3. The lowest BCUT2D eigenvalue weighted by Crippen LogP contribution is -2.38. The number of hydrogen-bond acceptors (Lipinski definition) is 6. The molecular weight excluding hydrogens is 519 g/mol. The van der Waals surface area contributed by atoms with E-state index in [1.165, 1.54) is 61.1 Å². The maximum atomic E-state index is 14.0. The average Bonchev–Trinajstić information content (AvgIpc) is 3.10. The van der Waals surface area contributed by atoms with Gasteiger partial charge in [0.2, 0.25) is 0 Å². The summed E-state index contributed by atoms with van der Waals surface area (Å²) in [6.45, 7) is 4.64. The Balaban J connectivity index is 2.10. The van der Waals surface area contributed by atoms with Crippen LogP contribution < -0.4 is 3.71 Å². The van der Waals surface area contributed by atoms with Crippen LogP contribution in [0.25, 0.3) is 11.0 Å². The lowest BCUT2D eigenvalue weighted by molar-refractivity contribution is 0.583. The van der Waals surface area contributed by atoms with Gasteiger partial charge < -0.3 is 0 Å². The number of fused-ring (bicyclic) bond motifs is 1. The minimum atomic E-state index is -4.66. The number of halogens is 2. The van der Waals surface area contributed by atoms with Crippen molar-refractivity contribution in [3.8, 4) is 0 Å². The molecule has 0 unspecified atom stereocenters. The quantitative estimate of drug-likeness (QED) is 0.362. The van der Waals surface area contributed by atoms with Crippen LogP contribution in [0.5, 0.6) is 0 Å². The Hall–Kier alpha value is -2.66. The summed E-state index contributed by atoms with van der Waals surface area (Å²) in [5.41, 5.74) is 1.59. The van der Waals surface area contributed by atoms with Gasteiger partial charge >= 0.3 is 0 Å². The second kappa shape index (κ2) is 8.53. The Bertz CT molecular complexity index is 1580. The number of nitrogens with zero attached hydrogens (tertiary/aromatic N) is 4. The third-order valence-corrected chi connectivity index (χ3v) is 10.7. The van der Waals surface area contributed by atoms with Gasteiger partial charge in [0.25, 0.3) is 20.0 Å². The second-order valence-corrected chi connectivity index (χ2v) is 12.3. The number of aryl methyl sites for hydroxylation is 2. The highest BCUT2D eigenvalue weighted by Gasteiger charge is 2.40. The number of hydrogen-bond donors (Lipinski definition) is 0. The molecule has 0 radical (unpaired) electrons. The molecular formula is C22H20Cl2N4O4S2. The summed E-state index contributed by atoms with van der Waals surface area (Å²) in [7, 11) is -7.71. The van der Waals surface area contributed by atoms with Crippen molar-refractivity contribution in [2.24, 2.45) is 7.05 Å². The van der Waals surface area contributed by atoms with Crippen molar-refractivity contribution in [1.82, 2.24) is 15.0 Å². The molecule has 1 aromatic heterocycles. The topological polar surface area (TPSA) is 102 Å². The molecule has 4 aromatic rings. The molecule has 4 rings (SSSR count). The van der Waals surface area contributed by atoms with E-state index >= 15 is 0 Å². The van der Waals surface area contributed by atoms with Crippen molar-refractivity contribution in [3.05, 3.63) is 75.3 Å². The fraction of sp³-hybridized carbons (Fsp3) is 0.182. The largest absolute Gasteiger partial charge is 0.278 e. The molecule has 0 atom stereocenters. The molecule has 34 heavy (non-hydrogen) atoms. The minimum Gasteiger partial charge on any atom is -0.200 e. The van der Waals surface area contributed by atoms with Gasteiger partial charge in [0, 0.05) is 17.1 Å². The van der Waals surface area contributed by atoms with Gasteiger partial charge in [-0.15, -0.1) is 0 Å². The molecule has 0 aliphatic carbocycles. The molecule has 0 saturated heterocycles. The molecule has 0 bridgehead atoms. The van der Waals surface area contributed by atoms with Gasteiger partial charge in [0.1, 0.15) is 11.0 Å². The fourth-order valence-electron chi connectivity index (χ4n) is 3.66. The van der Waals surface area contributed by atoms with Crippen LogP contribution in [-0.4, -0.2) is 31.8 Å². The number of anilines is 1. The van der Waals surface area contributed by atoms with E-state index in [0.29, 0.717) is 20.3 Å². The Morgan fingerprint density at radius 2 is 1.21 bits per heavy atom. The Kier molecular flexibility index (Phi) is 6.14. The zero-order valence-electron chi connectivity index (χ0n) is 18.6. The van der Waals surface area contributed by atoms with E-state index in [0.717, 1.165) is 0 Å². The first-order valence-corrected chi connectivity index (χ1v) is 13.6. The third kappa shape index (κ3) is 3.94. The molecule has 0 aliphatic rings. The van der Waals surface area contributed by atoms with Crippen LogP contribution in [0.3, 0.4) is 0 Å². The smallest absolute Gasteiger partial charge is 0.200 e. The van der Waals surface area contributed by atoms with Gasteiger partial charge in [-0.05, 0) is 73.9 Å². The van der Waals surface area contributed by atoms with Crippen LogP contribution in [0.2, 0.25) is 10.0 Å². The van der Waals surface area contributed by atoms with Gasteiger partial charge in [-0.2, -0.15) is 35.5 Å². The lowest BCUT2D eigenvalue weighted by Gasteiger charge is -2.27. The second-order valence-electron chi connectivity index (χ2n) is 7.75. The summed E-state index contributed by atoms with van der Waals surface area (Å²) >= 11 is 12.4. The standard InChI is InChI=1S/C22H20Cl2N4O4S2/c1-13-11-18-19(26-27(4)25-18)12-20(13)28(33(29,30)21-9-5-7-16(23)14(21)2)34(31,32)22-10-6-8-17(24)15(22)3/h5-12H,1-4H3. The van der Waals surface area contributed by atoms with Gasteiger partial charge in [0.15, 0.2) is 0 Å². The zero-order valence-corrected chi connectivity index (χ0v) is 21.8. The van der Waals surface area contributed by atoms with E-state index < -0.39 is 20.0 Å². The Morgan fingerprint density at radius 1 is 0.765 bits per heavy atom. The van der Waals surface area contributed by atoms with Crippen LogP contribution in [-0.2, 0) is 27.1 Å². The van der Waals surface area contributed by atoms with E-state index in [-0.39, 0.29) is 36.7 Å². The monoisotopic (exact) mass is 538 g/mol. The first kappa shape index (κ1) is 24.5. The predicted molar refractivity (Wildman–Crippen MR) is 132 cm³/mol. The van der Waals surface area contributed by atoms with Crippen LogP contribution in [0.15, 0.2) is 58.3 Å². The molecule has 0 aliphatic heterocycles. The molecule has 0 spiro atoms. The van der Waals surface area contributed by atoms with Crippen LogP contribution in [0, 0.1) is 20.8 Å². The maximum absolute atomic E-state index is 14.0. The van der Waals surface area contributed by atoms with Crippen molar-refractivity contribution >= 4 is 60.0 Å². The fourth-order valence-corrected chi connectivity index (χ4v) is 8.40. The van der Waals surface area contributed by atoms with Crippen molar-refractivity contribution in [3.63, 3.8) is 0 Å². The third-order valence-electron chi connectivity index (χ3n) is 5.42. The van der Waals surface area contributed by atoms with Crippen molar-refractivity contribution < 1.29 is 16.8 Å². The molecule has 12 heteroatoms. The molecule has 3 aromatic carbocycles. The van der Waals surface area contributed by atoms with Gasteiger partial charge in [-0.3, -0.25) is 0 Å². The van der Waals surface area contributed by atoms with Crippen LogP contribution in [0.4, 0.5) is 5.69 Å². The number of aromatic nitrogens is 3. The summed E-state index contributed by atoms with van der Waals surface area (Å²) < 4.78 is 56.5. The predicted octanol–water partition coefficient (Wildman–Crippen LogP) is 4.78. The summed E-state index contributed by atoms with van der Waals surface area (Å²) in [6.07, 6.45) is 0. The summed E-state index contributed by atoms with van der Waals surface area (Å²) in [5.74, 6) is 0. The Labute approximate surface area is 207 Å². The summed E-state index contributed by atoms with van der Waals surface area (Å²) in [5, 5.41) is 8.82. The Morgan fingerprint density at radius 3 is 1.68 bits per heavy atom. The van der Waals surface area contributed by atoms with Crippen molar-refractivity contribution in [2.45, 2.75) is 30.6 Å². The average molecular weight is 539 g/mol. The minimum absolute atomic E-state index is 0.0771. The van der Waals surface area contributed by atoms with E-state index in [1.807, 2.05) is 0 Å². The molecule has 0 amide bonds. The molecule has 8 nitrogen and oxygen atoms in total.